The number of anilines is 1. The third-order valence-electron chi connectivity index (χ3n) is 4.51. The predicted molar refractivity (Wildman–Crippen MR) is 115 cm³/mol. The first-order valence-electron chi connectivity index (χ1n) is 9.41. The highest BCUT2D eigenvalue weighted by molar-refractivity contribution is 7.92. The fourth-order valence-corrected chi connectivity index (χ4v) is 3.87. The summed E-state index contributed by atoms with van der Waals surface area (Å²) < 4.78 is 50.0. The van der Waals surface area contributed by atoms with Crippen LogP contribution in [0, 0.1) is 17.1 Å². The van der Waals surface area contributed by atoms with Crippen LogP contribution >= 0.6 is 0 Å². The summed E-state index contributed by atoms with van der Waals surface area (Å²) in [6, 6.07) is 19.3. The summed E-state index contributed by atoms with van der Waals surface area (Å²) in [5.74, 6) is -0.741. The first-order chi connectivity index (χ1) is 15.3. The van der Waals surface area contributed by atoms with E-state index in [1.165, 1.54) is 43.4 Å². The van der Waals surface area contributed by atoms with E-state index in [2.05, 4.69) is 0 Å². The molecule has 9 heteroatoms. The topological polar surface area (TPSA) is 96.7 Å². The summed E-state index contributed by atoms with van der Waals surface area (Å²) in [5.41, 5.74) is 1.63. The highest BCUT2D eigenvalue weighted by Gasteiger charge is 2.21. The van der Waals surface area contributed by atoms with E-state index in [4.69, 9.17) is 14.7 Å². The number of benzene rings is 3. The molecule has 0 bridgehead atoms. The average molecular weight is 454 g/mol. The third-order valence-corrected chi connectivity index (χ3v) is 6.31. The molecule has 0 amide bonds. The fourth-order valence-electron chi connectivity index (χ4n) is 2.68. The van der Waals surface area contributed by atoms with Gasteiger partial charge in [-0.15, -0.1) is 0 Å². The zero-order valence-electron chi connectivity index (χ0n) is 17.1. The van der Waals surface area contributed by atoms with Crippen molar-refractivity contribution in [2.24, 2.45) is 0 Å². The molecule has 0 radical (unpaired) electrons. The van der Waals surface area contributed by atoms with Crippen LogP contribution in [-0.2, 0) is 26.2 Å². The number of nitriles is 1. The maximum Gasteiger partial charge on any atom is 0.344 e. The van der Waals surface area contributed by atoms with Gasteiger partial charge in [-0.25, -0.2) is 17.6 Å². The van der Waals surface area contributed by atoms with Crippen LogP contribution in [0.25, 0.3) is 0 Å². The van der Waals surface area contributed by atoms with Crippen molar-refractivity contribution < 1.29 is 27.1 Å². The maximum absolute atomic E-state index is 13.1. The zero-order chi connectivity index (χ0) is 23.1. The van der Waals surface area contributed by atoms with Gasteiger partial charge in [0.05, 0.1) is 22.2 Å². The van der Waals surface area contributed by atoms with E-state index in [0.717, 1.165) is 22.0 Å². The highest BCUT2D eigenvalue weighted by Crippen LogP contribution is 2.24. The van der Waals surface area contributed by atoms with Crippen molar-refractivity contribution in [2.75, 3.05) is 18.0 Å². The molecule has 32 heavy (non-hydrogen) atoms. The van der Waals surface area contributed by atoms with Crippen molar-refractivity contribution in [1.82, 2.24) is 0 Å². The molecule has 0 aliphatic carbocycles. The Morgan fingerprint density at radius 3 is 2.22 bits per heavy atom. The van der Waals surface area contributed by atoms with E-state index in [0.29, 0.717) is 17.0 Å². The minimum Gasteiger partial charge on any atom is -0.482 e. The van der Waals surface area contributed by atoms with E-state index >= 15 is 0 Å². The molecule has 0 aliphatic heterocycles. The van der Waals surface area contributed by atoms with E-state index in [1.54, 1.807) is 24.3 Å². The Balaban J connectivity index is 1.54. The average Bonchev–Trinajstić information content (AvgIpc) is 2.82. The second kappa shape index (κ2) is 9.94. The molecule has 0 saturated carbocycles. The van der Waals surface area contributed by atoms with Crippen LogP contribution in [0.15, 0.2) is 77.7 Å². The molecule has 0 spiro atoms. The van der Waals surface area contributed by atoms with Gasteiger partial charge in [0.15, 0.2) is 6.61 Å². The van der Waals surface area contributed by atoms with Crippen LogP contribution < -0.4 is 9.04 Å². The van der Waals surface area contributed by atoms with E-state index < -0.39 is 21.8 Å². The quantitative estimate of drug-likeness (QED) is 0.482. The van der Waals surface area contributed by atoms with Crippen LogP contribution in [0.4, 0.5) is 10.1 Å². The smallest absolute Gasteiger partial charge is 0.344 e. The number of carbonyl (C=O) groups is 1. The Hall–Kier alpha value is -3.90. The number of carbonyl (C=O) groups excluding carboxylic acids is 1. The summed E-state index contributed by atoms with van der Waals surface area (Å²) in [6.07, 6.45) is 0. The Morgan fingerprint density at radius 2 is 1.62 bits per heavy atom. The van der Waals surface area contributed by atoms with Crippen molar-refractivity contribution in [3.63, 3.8) is 0 Å². The van der Waals surface area contributed by atoms with Crippen LogP contribution in [0.2, 0.25) is 0 Å². The molecule has 3 aromatic carbocycles. The van der Waals surface area contributed by atoms with Crippen LogP contribution in [0.5, 0.6) is 5.75 Å². The number of ether oxygens (including phenoxy) is 2. The summed E-state index contributed by atoms with van der Waals surface area (Å²) in [6.45, 7) is -0.266. The lowest BCUT2D eigenvalue weighted by atomic mass is 10.2. The number of hydrogen-bond donors (Lipinski definition) is 0. The number of halogens is 1. The lowest BCUT2D eigenvalue weighted by molar-refractivity contribution is -0.147. The second-order valence-electron chi connectivity index (χ2n) is 6.68. The lowest BCUT2D eigenvalue weighted by Gasteiger charge is -2.19. The molecule has 0 aliphatic rings. The Bertz CT molecular complexity index is 1220. The van der Waals surface area contributed by atoms with Gasteiger partial charge in [0.2, 0.25) is 0 Å². The van der Waals surface area contributed by atoms with Crippen molar-refractivity contribution in [1.29, 1.82) is 5.26 Å². The molecule has 0 unspecified atom stereocenters. The molecule has 0 saturated heterocycles. The van der Waals surface area contributed by atoms with Gasteiger partial charge < -0.3 is 9.47 Å². The molecule has 3 rings (SSSR count). The monoisotopic (exact) mass is 454 g/mol. The van der Waals surface area contributed by atoms with E-state index in [-0.39, 0.29) is 18.1 Å². The van der Waals surface area contributed by atoms with Gasteiger partial charge in [-0.2, -0.15) is 5.26 Å². The third kappa shape index (κ3) is 5.62. The summed E-state index contributed by atoms with van der Waals surface area (Å²) in [5, 5.41) is 8.78. The molecule has 0 atom stereocenters. The van der Waals surface area contributed by atoms with Gasteiger partial charge >= 0.3 is 5.97 Å². The first-order valence-corrected chi connectivity index (χ1v) is 10.9. The minimum absolute atomic E-state index is 0.0354. The summed E-state index contributed by atoms with van der Waals surface area (Å²) in [4.78, 5) is 11.9. The van der Waals surface area contributed by atoms with E-state index in [1.807, 2.05) is 6.07 Å². The van der Waals surface area contributed by atoms with Crippen LogP contribution in [-0.4, -0.2) is 28.0 Å². The second-order valence-corrected chi connectivity index (χ2v) is 8.65. The summed E-state index contributed by atoms with van der Waals surface area (Å²) >= 11 is 0. The van der Waals surface area contributed by atoms with Crippen LogP contribution in [0.3, 0.4) is 0 Å². The minimum atomic E-state index is -3.85. The largest absolute Gasteiger partial charge is 0.482 e. The SMILES string of the molecule is CN(c1ccc(OCC(=O)OCc2ccc(C#N)cc2)cc1)S(=O)(=O)c1ccc(F)cc1. The molecule has 0 heterocycles. The van der Waals surface area contributed by atoms with Crippen molar-refractivity contribution in [3.8, 4) is 11.8 Å². The van der Waals surface area contributed by atoms with Gasteiger partial charge in [0.1, 0.15) is 18.2 Å². The molecular formula is C23H19FN2O5S. The molecule has 164 valence electrons. The number of hydrogen-bond acceptors (Lipinski definition) is 6. The Kier molecular flexibility index (Phi) is 7.07. The molecule has 7 nitrogen and oxygen atoms in total. The fraction of sp³-hybridized carbons (Fsp3) is 0.130. The Labute approximate surface area is 185 Å². The number of sulfonamides is 1. The molecular weight excluding hydrogens is 435 g/mol. The Morgan fingerprint density at radius 1 is 1.00 bits per heavy atom. The first kappa shape index (κ1) is 22.8. The molecule has 0 aromatic heterocycles. The summed E-state index contributed by atoms with van der Waals surface area (Å²) in [7, 11) is -2.47. The number of nitrogens with zero attached hydrogens (tertiary/aromatic N) is 2. The van der Waals surface area contributed by atoms with Gasteiger partial charge in [-0.1, -0.05) is 12.1 Å². The van der Waals surface area contributed by atoms with Gasteiger partial charge in [-0.05, 0) is 66.2 Å². The zero-order valence-corrected chi connectivity index (χ0v) is 17.9. The van der Waals surface area contributed by atoms with Gasteiger partial charge in [0.25, 0.3) is 10.0 Å². The van der Waals surface area contributed by atoms with Crippen molar-refractivity contribution >= 4 is 21.7 Å². The number of rotatable bonds is 8. The van der Waals surface area contributed by atoms with Crippen molar-refractivity contribution in [2.45, 2.75) is 11.5 Å². The predicted octanol–water partition coefficient (Wildman–Crippen LogP) is 3.64. The lowest BCUT2D eigenvalue weighted by Crippen LogP contribution is -2.26. The highest BCUT2D eigenvalue weighted by atomic mass is 32.2. The normalized spacial score (nSPS) is 10.8. The standard InChI is InChI=1S/C23H19FN2O5S/c1-26(32(28,29)22-12-6-19(24)7-13-22)20-8-10-21(11-9-20)30-16-23(27)31-15-18-4-2-17(14-25)3-5-18/h2-13H,15-16H2,1H3. The van der Waals surface area contributed by atoms with Gasteiger partial charge in [-0.3, -0.25) is 4.31 Å². The molecule has 3 aromatic rings. The molecule has 0 fully saturated rings. The van der Waals surface area contributed by atoms with Crippen molar-refractivity contribution in [3.05, 3.63) is 89.7 Å². The van der Waals surface area contributed by atoms with Gasteiger partial charge in [0, 0.05) is 7.05 Å². The maximum atomic E-state index is 13.1. The van der Waals surface area contributed by atoms with E-state index in [9.17, 15) is 17.6 Å². The molecule has 0 N–H and O–H groups in total. The number of esters is 1. The van der Waals surface area contributed by atoms with Crippen LogP contribution in [0.1, 0.15) is 11.1 Å².